The summed E-state index contributed by atoms with van der Waals surface area (Å²) in [6, 6.07) is 9.31. The molecule has 1 atom stereocenters. The third-order valence-corrected chi connectivity index (χ3v) is 4.04. The number of nitrogens with two attached hydrogens (primary N) is 1. The fraction of sp³-hybridized carbons (Fsp3) is 0.294. The smallest absolute Gasteiger partial charge is 0.416 e. The number of aryl methyl sites for hydroxylation is 1. The molecular weight excluding hydrogens is 369 g/mol. The van der Waals surface area contributed by atoms with Crippen LogP contribution in [0, 0.1) is 0 Å². The summed E-state index contributed by atoms with van der Waals surface area (Å²) >= 11 is 5.68. The van der Waals surface area contributed by atoms with Crippen LogP contribution in [-0.2, 0) is 17.3 Å². The van der Waals surface area contributed by atoms with Crippen molar-refractivity contribution in [2.75, 3.05) is 11.9 Å². The molecule has 0 spiro atoms. The molecule has 3 rings (SSSR count). The van der Waals surface area contributed by atoms with Crippen molar-refractivity contribution in [1.82, 2.24) is 4.98 Å². The molecule has 138 valence electrons. The highest BCUT2D eigenvalue weighted by molar-refractivity contribution is 6.29. The topological polar surface area (TPSA) is 72.5 Å². The van der Waals surface area contributed by atoms with E-state index in [4.69, 9.17) is 22.1 Å². The van der Waals surface area contributed by atoms with Gasteiger partial charge in [0.15, 0.2) is 0 Å². The molecule has 2 aromatic rings. The number of nitrogens with one attached hydrogen (secondary N) is 1. The van der Waals surface area contributed by atoms with Crippen LogP contribution in [0.25, 0.3) is 0 Å². The Morgan fingerprint density at radius 2 is 1.96 bits per heavy atom. The van der Waals surface area contributed by atoms with Gasteiger partial charge in [0.2, 0.25) is 0 Å². The molecule has 1 aliphatic heterocycles. The summed E-state index contributed by atoms with van der Waals surface area (Å²) in [4.78, 5) is 8.04. The first-order chi connectivity index (χ1) is 12.3. The normalized spacial score (nSPS) is 16.9. The molecule has 0 saturated carbocycles. The Bertz CT molecular complexity index is 809. The maximum atomic E-state index is 12.8. The maximum absolute atomic E-state index is 12.8. The van der Waals surface area contributed by atoms with Crippen LogP contribution in [-0.4, -0.2) is 23.7 Å². The van der Waals surface area contributed by atoms with E-state index in [1.807, 2.05) is 12.1 Å². The number of amidine groups is 1. The molecule has 1 aromatic carbocycles. The molecule has 0 fully saturated rings. The Kier molecular flexibility index (Phi) is 5.22. The van der Waals surface area contributed by atoms with E-state index >= 15 is 0 Å². The van der Waals surface area contributed by atoms with Gasteiger partial charge in [-0.3, -0.25) is 0 Å². The predicted molar refractivity (Wildman–Crippen MR) is 93.7 cm³/mol. The Morgan fingerprint density at radius 1 is 1.23 bits per heavy atom. The van der Waals surface area contributed by atoms with Crippen molar-refractivity contribution in [2.45, 2.75) is 25.1 Å². The summed E-state index contributed by atoms with van der Waals surface area (Å²) in [5.41, 5.74) is 6.31. The van der Waals surface area contributed by atoms with Gasteiger partial charge < -0.3 is 15.8 Å². The number of nitrogens with zero attached hydrogens (tertiary/aromatic N) is 2. The Balaban J connectivity index is 1.63. The van der Waals surface area contributed by atoms with E-state index in [1.54, 1.807) is 12.1 Å². The highest BCUT2D eigenvalue weighted by Crippen LogP contribution is 2.32. The molecule has 0 radical (unpaired) electrons. The van der Waals surface area contributed by atoms with E-state index in [0.29, 0.717) is 12.3 Å². The van der Waals surface area contributed by atoms with Gasteiger partial charge in [0.1, 0.15) is 17.6 Å². The first-order valence-corrected chi connectivity index (χ1v) is 8.24. The number of rotatable bonds is 5. The van der Waals surface area contributed by atoms with Crippen LogP contribution in [0.2, 0.25) is 5.15 Å². The molecular formula is C17H16ClF3N4O. The van der Waals surface area contributed by atoms with E-state index < -0.39 is 11.7 Å². The van der Waals surface area contributed by atoms with E-state index in [1.165, 1.54) is 0 Å². The number of halogens is 4. The number of ether oxygens (including phenoxy) is 1. The maximum Gasteiger partial charge on any atom is 0.416 e. The van der Waals surface area contributed by atoms with Crippen LogP contribution >= 0.6 is 11.6 Å². The number of aromatic nitrogens is 1. The molecule has 26 heavy (non-hydrogen) atoms. The minimum atomic E-state index is -4.48. The third kappa shape index (κ3) is 4.78. The molecule has 2 heterocycles. The van der Waals surface area contributed by atoms with Gasteiger partial charge in [-0.15, -0.1) is 0 Å². The van der Waals surface area contributed by atoms with Crippen LogP contribution in [0.3, 0.4) is 0 Å². The zero-order chi connectivity index (χ0) is 18.7. The van der Waals surface area contributed by atoms with Crippen molar-refractivity contribution in [2.24, 2.45) is 10.7 Å². The van der Waals surface area contributed by atoms with E-state index in [-0.39, 0.29) is 23.0 Å². The second-order valence-electron chi connectivity index (χ2n) is 5.85. The van der Waals surface area contributed by atoms with E-state index in [0.717, 1.165) is 30.5 Å². The van der Waals surface area contributed by atoms with Crippen LogP contribution in [0.15, 0.2) is 41.4 Å². The van der Waals surface area contributed by atoms with Gasteiger partial charge in [-0.2, -0.15) is 13.2 Å². The third-order valence-electron chi connectivity index (χ3n) is 3.85. The highest BCUT2D eigenvalue weighted by Gasteiger charge is 2.31. The van der Waals surface area contributed by atoms with Crippen molar-refractivity contribution < 1.29 is 17.9 Å². The minimum absolute atomic E-state index is 0.0329. The lowest BCUT2D eigenvalue weighted by Crippen LogP contribution is -2.10. The van der Waals surface area contributed by atoms with Crippen LogP contribution < -0.4 is 11.1 Å². The molecule has 5 nitrogen and oxygen atoms in total. The Labute approximate surface area is 153 Å². The lowest BCUT2D eigenvalue weighted by molar-refractivity contribution is -0.137. The van der Waals surface area contributed by atoms with Crippen LogP contribution in [0.1, 0.15) is 17.5 Å². The average molecular weight is 385 g/mol. The number of hydrogen-bond acceptors (Lipinski definition) is 5. The van der Waals surface area contributed by atoms with E-state index in [2.05, 4.69) is 15.3 Å². The first-order valence-electron chi connectivity index (χ1n) is 7.86. The average Bonchev–Trinajstić information content (AvgIpc) is 2.98. The number of pyridine rings is 1. The quantitative estimate of drug-likeness (QED) is 0.760. The summed E-state index contributed by atoms with van der Waals surface area (Å²) in [5, 5.41) is 2.61. The zero-order valence-electron chi connectivity index (χ0n) is 13.6. The summed E-state index contributed by atoms with van der Waals surface area (Å²) in [6.07, 6.45) is -2.89. The van der Waals surface area contributed by atoms with Gasteiger partial charge in [0.25, 0.3) is 6.02 Å². The molecule has 9 heteroatoms. The number of aliphatic imine (C=N–C) groups is 1. The number of alkyl halides is 3. The molecule has 0 aliphatic carbocycles. The second-order valence-corrected chi connectivity index (χ2v) is 6.24. The van der Waals surface area contributed by atoms with Crippen LogP contribution in [0.5, 0.6) is 0 Å². The lowest BCUT2D eigenvalue weighted by Gasteiger charge is -2.11. The van der Waals surface area contributed by atoms with Gasteiger partial charge in [0.05, 0.1) is 11.6 Å². The lowest BCUT2D eigenvalue weighted by atomic mass is 10.1. The molecule has 1 aromatic heterocycles. The SMILES string of the molecule is NC1=NC(CCc2ccc(Nc3cc(C(F)(F)F)cc(Cl)n3)cc2)CO1. The standard InChI is InChI=1S/C17H16ClF3N4O/c18-14-7-11(17(19,20)21)8-15(25-14)23-12-4-1-10(2-5-12)3-6-13-9-26-16(22)24-13/h1-2,4-5,7-8,13H,3,6,9H2,(H2,22,24)(H,23,25). The zero-order valence-corrected chi connectivity index (χ0v) is 14.3. The van der Waals surface area contributed by atoms with Crippen LogP contribution in [0.4, 0.5) is 24.7 Å². The predicted octanol–water partition coefficient (Wildman–Crippen LogP) is 4.14. The fourth-order valence-corrected chi connectivity index (χ4v) is 2.75. The molecule has 1 unspecified atom stereocenters. The molecule has 3 N–H and O–H groups in total. The van der Waals surface area contributed by atoms with Gasteiger partial charge in [0, 0.05) is 5.69 Å². The Hall–Kier alpha value is -2.48. The fourth-order valence-electron chi connectivity index (χ4n) is 2.54. The number of benzene rings is 1. The summed E-state index contributed by atoms with van der Waals surface area (Å²) in [5.74, 6) is 0.0329. The summed E-state index contributed by atoms with van der Waals surface area (Å²) in [6.45, 7) is 0.493. The van der Waals surface area contributed by atoms with Crippen molar-refractivity contribution >= 4 is 29.1 Å². The molecule has 0 amide bonds. The van der Waals surface area contributed by atoms with Crippen molar-refractivity contribution in [3.8, 4) is 0 Å². The minimum Gasteiger partial charge on any atom is -0.463 e. The molecule has 0 bridgehead atoms. The summed E-state index contributed by atoms with van der Waals surface area (Å²) in [7, 11) is 0. The van der Waals surface area contributed by atoms with Crippen molar-refractivity contribution in [3.05, 3.63) is 52.7 Å². The molecule has 1 aliphatic rings. The van der Waals surface area contributed by atoms with Gasteiger partial charge in [-0.05, 0) is 42.7 Å². The summed E-state index contributed by atoms with van der Waals surface area (Å²) < 4.78 is 43.6. The van der Waals surface area contributed by atoms with Crippen molar-refractivity contribution in [1.29, 1.82) is 0 Å². The number of hydrogen-bond donors (Lipinski definition) is 2. The Morgan fingerprint density at radius 3 is 2.58 bits per heavy atom. The molecule has 0 saturated heterocycles. The monoisotopic (exact) mass is 384 g/mol. The first kappa shape index (κ1) is 18.3. The van der Waals surface area contributed by atoms with Crippen molar-refractivity contribution in [3.63, 3.8) is 0 Å². The van der Waals surface area contributed by atoms with Gasteiger partial charge in [-0.1, -0.05) is 23.7 Å². The second kappa shape index (κ2) is 7.41. The van der Waals surface area contributed by atoms with E-state index in [9.17, 15) is 13.2 Å². The number of anilines is 2. The highest BCUT2D eigenvalue weighted by atomic mass is 35.5. The van der Waals surface area contributed by atoms with Gasteiger partial charge in [-0.25, -0.2) is 9.98 Å². The van der Waals surface area contributed by atoms with Gasteiger partial charge >= 0.3 is 6.18 Å². The largest absolute Gasteiger partial charge is 0.463 e.